The van der Waals surface area contributed by atoms with Crippen molar-refractivity contribution in [2.45, 2.75) is 72.6 Å². The van der Waals surface area contributed by atoms with Crippen LogP contribution >= 0.6 is 0 Å². The zero-order valence-corrected chi connectivity index (χ0v) is 23.2. The van der Waals surface area contributed by atoms with Gasteiger partial charge in [-0.1, -0.05) is 59.7 Å². The van der Waals surface area contributed by atoms with Crippen molar-refractivity contribution < 1.29 is 30.0 Å². The molecule has 0 spiro atoms. The number of pyridine rings is 1. The van der Waals surface area contributed by atoms with Crippen LogP contribution in [0.2, 0.25) is 0 Å². The molecule has 33 heavy (non-hydrogen) atoms. The Labute approximate surface area is 212 Å². The first-order valence-corrected chi connectivity index (χ1v) is 11.4. The Morgan fingerprint density at radius 3 is 2.30 bits per heavy atom. The van der Waals surface area contributed by atoms with E-state index in [1.165, 1.54) is 34.9 Å². The van der Waals surface area contributed by atoms with Gasteiger partial charge in [-0.15, -0.1) is 35.4 Å². The first kappa shape index (κ1) is 28.7. The summed E-state index contributed by atoms with van der Waals surface area (Å²) in [5.74, 6) is 0.595. The normalized spacial score (nSPS) is 12.4. The second kappa shape index (κ2) is 12.8. The number of carbonyl (C=O) groups excluding carboxylic acids is 1. The fourth-order valence-corrected chi connectivity index (χ4v) is 3.47. The molecule has 0 aliphatic heterocycles. The summed E-state index contributed by atoms with van der Waals surface area (Å²) in [6.45, 7) is 14.4. The van der Waals surface area contributed by atoms with Gasteiger partial charge in [0, 0.05) is 38.8 Å². The predicted molar refractivity (Wildman–Crippen MR) is 135 cm³/mol. The Kier molecular flexibility index (Phi) is 11.2. The molecule has 1 heterocycles. The van der Waals surface area contributed by atoms with Crippen molar-refractivity contribution in [2.24, 2.45) is 0 Å². The number of hydrogen-bond acceptors (Lipinski definition) is 3. The molecule has 1 unspecified atom stereocenters. The monoisotopic (exact) mass is 623 g/mol. The third kappa shape index (κ3) is 7.91. The number of ketones is 1. The van der Waals surface area contributed by atoms with Crippen molar-refractivity contribution in [3.05, 3.63) is 77.7 Å². The largest absolute Gasteiger partial charge is 0.512 e. The second-order valence-corrected chi connectivity index (χ2v) is 9.26. The van der Waals surface area contributed by atoms with Crippen LogP contribution in [0, 0.1) is 6.07 Å². The fraction of sp³-hybridized carbons (Fsp3) is 0.379. The number of allylic oxidation sites excluding steroid dienone is 2. The number of aromatic nitrogens is 1. The van der Waals surface area contributed by atoms with Crippen LogP contribution in [-0.4, -0.2) is 15.9 Å². The molecule has 1 radical (unpaired) electrons. The number of nitrogens with zero attached hydrogens (tertiary/aromatic N) is 1. The molecule has 0 amide bonds. The summed E-state index contributed by atoms with van der Waals surface area (Å²) in [5, 5.41) is 11.0. The molecular formula is C29H36IrNO2-. The van der Waals surface area contributed by atoms with Crippen molar-refractivity contribution in [2.75, 3.05) is 0 Å². The Balaban J connectivity index is 0.000000523. The number of hydrogen-bond donors (Lipinski definition) is 1. The molecule has 1 atom stereocenters. The zero-order valence-electron chi connectivity index (χ0n) is 20.8. The summed E-state index contributed by atoms with van der Waals surface area (Å²) in [7, 11) is 0. The molecule has 0 aliphatic rings. The molecule has 2 aromatic carbocycles. The van der Waals surface area contributed by atoms with Crippen LogP contribution in [0.25, 0.3) is 22.0 Å². The van der Waals surface area contributed by atoms with Gasteiger partial charge in [-0.05, 0) is 52.8 Å². The van der Waals surface area contributed by atoms with Gasteiger partial charge in [0.1, 0.15) is 0 Å². The molecule has 1 N–H and O–H groups in total. The molecule has 3 nitrogen and oxygen atoms in total. The predicted octanol–water partition coefficient (Wildman–Crippen LogP) is 7.94. The van der Waals surface area contributed by atoms with Crippen molar-refractivity contribution in [3.8, 4) is 11.3 Å². The average Bonchev–Trinajstić information content (AvgIpc) is 2.77. The number of aliphatic hydroxyl groups is 1. The van der Waals surface area contributed by atoms with Crippen molar-refractivity contribution in [3.63, 3.8) is 0 Å². The Hall–Kier alpha value is -2.29. The standard InChI is InChI=1S/C23H26N.C6H10O2.Ir/c1-6-16(2)19-8-7-9-21-20(19)14-15-24-22(21)17-10-12-18(13-11-17)23(3,4)5;1-3-6(8)4-5(2)7;/h7-10,12-16H,6H2,1-5H3;4,7H,3H2,1-2H3;/q-1;;/b;5-4-;. The molecule has 0 saturated heterocycles. The molecular weight excluding hydrogens is 587 g/mol. The van der Waals surface area contributed by atoms with Crippen LogP contribution in [0.5, 0.6) is 0 Å². The van der Waals surface area contributed by atoms with E-state index < -0.39 is 0 Å². The van der Waals surface area contributed by atoms with E-state index in [0.717, 1.165) is 17.7 Å². The SMILES string of the molecule is CCC(=O)/C=C(/C)O.CCC(C)c1cccc2c(-c3[c-]cc(C(C)(C)C)cc3)nccc12.[Ir]. The van der Waals surface area contributed by atoms with Gasteiger partial charge >= 0.3 is 0 Å². The Morgan fingerprint density at radius 2 is 1.82 bits per heavy atom. The van der Waals surface area contributed by atoms with E-state index in [1.807, 2.05) is 6.20 Å². The zero-order chi connectivity index (χ0) is 23.9. The van der Waals surface area contributed by atoms with Crippen LogP contribution < -0.4 is 0 Å². The molecule has 3 aromatic rings. The number of rotatable bonds is 5. The molecule has 3 rings (SSSR count). The third-order valence-corrected chi connectivity index (χ3v) is 5.64. The van der Waals surface area contributed by atoms with Crippen LogP contribution in [0.4, 0.5) is 0 Å². The van der Waals surface area contributed by atoms with E-state index in [-0.39, 0.29) is 37.1 Å². The maximum absolute atomic E-state index is 10.4. The summed E-state index contributed by atoms with van der Waals surface area (Å²) in [6.07, 6.45) is 4.75. The van der Waals surface area contributed by atoms with E-state index in [9.17, 15) is 4.79 Å². The summed E-state index contributed by atoms with van der Waals surface area (Å²) >= 11 is 0. The maximum Gasteiger partial charge on any atom is 0.158 e. The van der Waals surface area contributed by atoms with Gasteiger partial charge in [0.05, 0.1) is 5.76 Å². The van der Waals surface area contributed by atoms with Gasteiger partial charge < -0.3 is 10.1 Å². The van der Waals surface area contributed by atoms with Gasteiger partial charge in [-0.2, -0.15) is 0 Å². The van der Waals surface area contributed by atoms with Gasteiger partial charge in [-0.25, -0.2) is 0 Å². The van der Waals surface area contributed by atoms with Crippen molar-refractivity contribution >= 4 is 16.6 Å². The minimum Gasteiger partial charge on any atom is -0.512 e. The minimum atomic E-state index is -0.0370. The van der Waals surface area contributed by atoms with E-state index in [1.54, 1.807) is 6.92 Å². The number of fused-ring (bicyclic) bond motifs is 1. The van der Waals surface area contributed by atoms with E-state index >= 15 is 0 Å². The van der Waals surface area contributed by atoms with Crippen LogP contribution in [-0.2, 0) is 30.3 Å². The molecule has 0 aliphatic carbocycles. The summed E-state index contributed by atoms with van der Waals surface area (Å²) in [4.78, 5) is 15.0. The quantitative estimate of drug-likeness (QED) is 0.179. The summed E-state index contributed by atoms with van der Waals surface area (Å²) < 4.78 is 0. The molecule has 0 bridgehead atoms. The van der Waals surface area contributed by atoms with Crippen LogP contribution in [0.3, 0.4) is 0 Å². The van der Waals surface area contributed by atoms with E-state index in [0.29, 0.717) is 12.3 Å². The Bertz CT molecular complexity index is 1070. The first-order valence-electron chi connectivity index (χ1n) is 11.4. The fourth-order valence-electron chi connectivity index (χ4n) is 3.47. The molecule has 1 aromatic heterocycles. The first-order chi connectivity index (χ1) is 15.1. The van der Waals surface area contributed by atoms with Gasteiger partial charge in [0.2, 0.25) is 0 Å². The van der Waals surface area contributed by atoms with Crippen LogP contribution in [0.15, 0.2) is 60.5 Å². The topological polar surface area (TPSA) is 50.2 Å². The second-order valence-electron chi connectivity index (χ2n) is 9.26. The molecule has 4 heteroatoms. The van der Waals surface area contributed by atoms with Gasteiger partial charge in [0.15, 0.2) is 5.78 Å². The Morgan fingerprint density at radius 1 is 1.12 bits per heavy atom. The number of benzene rings is 2. The average molecular weight is 623 g/mol. The molecule has 0 saturated carbocycles. The smallest absolute Gasteiger partial charge is 0.158 e. The number of aliphatic hydroxyl groups excluding tert-OH is 1. The summed E-state index contributed by atoms with van der Waals surface area (Å²) in [6, 6.07) is 18.6. The summed E-state index contributed by atoms with van der Waals surface area (Å²) in [5.41, 5.74) is 4.94. The van der Waals surface area contributed by atoms with Crippen molar-refractivity contribution in [1.29, 1.82) is 0 Å². The van der Waals surface area contributed by atoms with Gasteiger partial charge in [-0.3, -0.25) is 4.79 Å². The third-order valence-electron chi connectivity index (χ3n) is 5.64. The maximum atomic E-state index is 10.4. The minimum absolute atomic E-state index is 0. The molecule has 179 valence electrons. The molecule has 0 fully saturated rings. The van der Waals surface area contributed by atoms with E-state index in [2.05, 4.69) is 88.1 Å². The van der Waals surface area contributed by atoms with Crippen LogP contribution in [0.1, 0.15) is 78.4 Å². The van der Waals surface area contributed by atoms with Gasteiger partial charge in [0.25, 0.3) is 0 Å². The number of carbonyl (C=O) groups is 1. The van der Waals surface area contributed by atoms with E-state index in [4.69, 9.17) is 5.11 Å². The van der Waals surface area contributed by atoms with Crippen molar-refractivity contribution in [1.82, 2.24) is 4.98 Å².